The predicted octanol–water partition coefficient (Wildman–Crippen LogP) is -0.543. The van der Waals surface area contributed by atoms with Gasteiger partial charge in [0.15, 0.2) is 5.82 Å². The van der Waals surface area contributed by atoms with E-state index in [1.54, 1.807) is 6.92 Å². The lowest BCUT2D eigenvalue weighted by Crippen LogP contribution is -2.09. The smallest absolute Gasteiger partial charge is 0.378 e. The number of aromatic amines is 1. The summed E-state index contributed by atoms with van der Waals surface area (Å²) < 4.78 is 9.83. The van der Waals surface area contributed by atoms with Crippen LogP contribution < -0.4 is 5.73 Å². The summed E-state index contributed by atoms with van der Waals surface area (Å²) in [6.45, 7) is 3.15. The van der Waals surface area contributed by atoms with Gasteiger partial charge in [-0.25, -0.2) is 9.78 Å². The average molecular weight is 214 g/mol. The third-order valence-corrected chi connectivity index (χ3v) is 1.49. The van der Waals surface area contributed by atoms with E-state index in [9.17, 15) is 4.79 Å². The molecule has 7 nitrogen and oxygen atoms in total. The monoisotopic (exact) mass is 214 g/mol. The molecule has 0 bridgehead atoms. The fraction of sp³-hybridized carbons (Fsp3) is 0.625. The number of esters is 1. The number of nitrogens with zero attached hydrogens (tertiary/aromatic N) is 2. The van der Waals surface area contributed by atoms with Gasteiger partial charge in [0.05, 0.1) is 13.2 Å². The van der Waals surface area contributed by atoms with Crippen molar-refractivity contribution in [1.29, 1.82) is 0 Å². The molecule has 0 aliphatic heterocycles. The highest BCUT2D eigenvalue weighted by Crippen LogP contribution is 1.97. The van der Waals surface area contributed by atoms with Gasteiger partial charge in [0.1, 0.15) is 6.61 Å². The van der Waals surface area contributed by atoms with Crippen LogP contribution in [0.2, 0.25) is 0 Å². The molecule has 15 heavy (non-hydrogen) atoms. The highest BCUT2D eigenvalue weighted by atomic mass is 16.5. The number of carbonyl (C=O) groups excluding carboxylic acids is 1. The van der Waals surface area contributed by atoms with Gasteiger partial charge in [0.2, 0.25) is 0 Å². The molecule has 0 unspecified atom stereocenters. The standard InChI is InChI=1S/C8H14N4O3/c1-2-15-8(13)7-10-6(11-12-7)5-14-4-3-9/h2-5,9H2,1H3,(H,10,11,12). The maximum atomic E-state index is 11.2. The zero-order valence-electron chi connectivity index (χ0n) is 8.52. The Labute approximate surface area is 87.0 Å². The van der Waals surface area contributed by atoms with Crippen LogP contribution in [0.3, 0.4) is 0 Å². The van der Waals surface area contributed by atoms with E-state index in [-0.39, 0.29) is 12.4 Å². The molecule has 1 heterocycles. The summed E-state index contributed by atoms with van der Waals surface area (Å²) >= 11 is 0. The van der Waals surface area contributed by atoms with Crippen LogP contribution in [0.15, 0.2) is 0 Å². The minimum absolute atomic E-state index is 0.0169. The molecular formula is C8H14N4O3. The number of rotatable bonds is 6. The van der Waals surface area contributed by atoms with E-state index in [0.717, 1.165) is 0 Å². The van der Waals surface area contributed by atoms with Crippen LogP contribution in [0.1, 0.15) is 23.4 Å². The summed E-state index contributed by atoms with van der Waals surface area (Å²) in [5, 5.41) is 6.27. The third kappa shape index (κ3) is 3.64. The fourth-order valence-electron chi connectivity index (χ4n) is 0.899. The summed E-state index contributed by atoms with van der Waals surface area (Å²) in [6, 6.07) is 0. The van der Waals surface area contributed by atoms with E-state index in [4.69, 9.17) is 15.2 Å². The minimum atomic E-state index is -0.543. The minimum Gasteiger partial charge on any atom is -0.460 e. The predicted molar refractivity (Wildman–Crippen MR) is 51.0 cm³/mol. The number of nitrogens with one attached hydrogen (secondary N) is 1. The Bertz CT molecular complexity index is 313. The molecule has 0 aliphatic rings. The Morgan fingerprint density at radius 1 is 1.60 bits per heavy atom. The molecule has 0 radical (unpaired) electrons. The molecule has 7 heteroatoms. The van der Waals surface area contributed by atoms with E-state index < -0.39 is 5.97 Å². The summed E-state index contributed by atoms with van der Waals surface area (Å²) in [5.41, 5.74) is 5.24. The van der Waals surface area contributed by atoms with Crippen molar-refractivity contribution in [1.82, 2.24) is 15.2 Å². The SMILES string of the molecule is CCOC(=O)c1n[nH]c(COCCN)n1. The molecule has 0 fully saturated rings. The topological polar surface area (TPSA) is 103 Å². The molecule has 1 aromatic rings. The molecule has 1 aromatic heterocycles. The van der Waals surface area contributed by atoms with E-state index >= 15 is 0 Å². The number of ether oxygens (including phenoxy) is 2. The van der Waals surface area contributed by atoms with Gasteiger partial charge in [-0.15, -0.1) is 5.10 Å². The summed E-state index contributed by atoms with van der Waals surface area (Å²) in [7, 11) is 0. The van der Waals surface area contributed by atoms with Crippen LogP contribution in [0, 0.1) is 0 Å². The van der Waals surface area contributed by atoms with Crippen LogP contribution in [0.4, 0.5) is 0 Å². The average Bonchev–Trinajstić information content (AvgIpc) is 2.67. The zero-order chi connectivity index (χ0) is 11.1. The van der Waals surface area contributed by atoms with E-state index in [1.165, 1.54) is 0 Å². The van der Waals surface area contributed by atoms with Gasteiger partial charge in [-0.1, -0.05) is 0 Å². The van der Waals surface area contributed by atoms with Gasteiger partial charge in [-0.2, -0.15) is 0 Å². The van der Waals surface area contributed by atoms with Gasteiger partial charge < -0.3 is 15.2 Å². The maximum absolute atomic E-state index is 11.2. The zero-order valence-corrected chi connectivity index (χ0v) is 8.52. The van der Waals surface area contributed by atoms with Crippen molar-refractivity contribution in [2.45, 2.75) is 13.5 Å². The quantitative estimate of drug-likeness (QED) is 0.486. The first kappa shape index (κ1) is 11.6. The van der Waals surface area contributed by atoms with Crippen molar-refractivity contribution in [2.75, 3.05) is 19.8 Å². The second-order valence-corrected chi connectivity index (χ2v) is 2.67. The van der Waals surface area contributed by atoms with Crippen molar-refractivity contribution < 1.29 is 14.3 Å². The Morgan fingerprint density at radius 3 is 3.07 bits per heavy atom. The maximum Gasteiger partial charge on any atom is 0.378 e. The van der Waals surface area contributed by atoms with Crippen molar-refractivity contribution in [3.8, 4) is 0 Å². The Morgan fingerprint density at radius 2 is 2.40 bits per heavy atom. The van der Waals surface area contributed by atoms with Gasteiger partial charge in [0, 0.05) is 6.54 Å². The number of aromatic nitrogens is 3. The van der Waals surface area contributed by atoms with Crippen LogP contribution in [0.25, 0.3) is 0 Å². The normalized spacial score (nSPS) is 10.3. The summed E-state index contributed by atoms with van der Waals surface area (Å²) in [4.78, 5) is 15.1. The van der Waals surface area contributed by atoms with Crippen molar-refractivity contribution in [2.24, 2.45) is 5.73 Å². The Balaban J connectivity index is 2.45. The lowest BCUT2D eigenvalue weighted by atomic mass is 10.6. The number of hydrogen-bond acceptors (Lipinski definition) is 6. The van der Waals surface area contributed by atoms with Gasteiger partial charge >= 0.3 is 5.97 Å². The van der Waals surface area contributed by atoms with Crippen LogP contribution >= 0.6 is 0 Å². The third-order valence-electron chi connectivity index (χ3n) is 1.49. The lowest BCUT2D eigenvalue weighted by Gasteiger charge is -1.97. The molecule has 0 spiro atoms. The number of nitrogens with two attached hydrogens (primary N) is 1. The summed E-state index contributed by atoms with van der Waals surface area (Å²) in [5.74, 6) is -0.0477. The number of H-pyrrole nitrogens is 1. The Kier molecular flexibility index (Phi) is 4.72. The van der Waals surface area contributed by atoms with Crippen LogP contribution in [0.5, 0.6) is 0 Å². The van der Waals surface area contributed by atoms with Gasteiger partial charge in [0.25, 0.3) is 5.82 Å². The first-order valence-electron chi connectivity index (χ1n) is 4.64. The van der Waals surface area contributed by atoms with Gasteiger partial charge in [-0.3, -0.25) is 5.10 Å². The van der Waals surface area contributed by atoms with Crippen molar-refractivity contribution >= 4 is 5.97 Å². The molecule has 3 N–H and O–H groups in total. The molecule has 0 saturated carbocycles. The molecule has 0 atom stereocenters. The van der Waals surface area contributed by atoms with E-state index in [0.29, 0.717) is 25.6 Å². The first-order valence-corrected chi connectivity index (χ1v) is 4.64. The van der Waals surface area contributed by atoms with Crippen LogP contribution in [-0.2, 0) is 16.1 Å². The first-order chi connectivity index (χ1) is 7.27. The highest BCUT2D eigenvalue weighted by molar-refractivity contribution is 5.84. The van der Waals surface area contributed by atoms with E-state index in [1.807, 2.05) is 0 Å². The Hall–Kier alpha value is -1.47. The molecule has 0 aromatic carbocycles. The number of hydrogen-bond donors (Lipinski definition) is 2. The van der Waals surface area contributed by atoms with Crippen molar-refractivity contribution in [3.63, 3.8) is 0 Å². The molecular weight excluding hydrogens is 200 g/mol. The largest absolute Gasteiger partial charge is 0.460 e. The second-order valence-electron chi connectivity index (χ2n) is 2.67. The molecule has 0 aliphatic carbocycles. The molecule has 84 valence electrons. The fourth-order valence-corrected chi connectivity index (χ4v) is 0.899. The second kappa shape index (κ2) is 6.10. The lowest BCUT2D eigenvalue weighted by molar-refractivity contribution is 0.0512. The van der Waals surface area contributed by atoms with E-state index in [2.05, 4.69) is 15.2 Å². The highest BCUT2D eigenvalue weighted by Gasteiger charge is 2.12. The van der Waals surface area contributed by atoms with Crippen LogP contribution in [-0.4, -0.2) is 40.9 Å². The molecule has 0 saturated heterocycles. The summed E-state index contributed by atoms with van der Waals surface area (Å²) in [6.07, 6.45) is 0. The van der Waals surface area contributed by atoms with Gasteiger partial charge in [-0.05, 0) is 6.92 Å². The van der Waals surface area contributed by atoms with Crippen molar-refractivity contribution in [3.05, 3.63) is 11.6 Å². The molecule has 1 rings (SSSR count). The number of carbonyl (C=O) groups is 1. The molecule has 0 amide bonds.